The van der Waals surface area contributed by atoms with Gasteiger partial charge >= 0.3 is 0 Å². The van der Waals surface area contributed by atoms with Crippen molar-refractivity contribution in [2.24, 2.45) is 0 Å². The number of likely N-dealkylation sites (tertiary alicyclic amines) is 2. The number of hydrogen-bond acceptors (Lipinski definition) is 4. The van der Waals surface area contributed by atoms with E-state index in [1.165, 1.54) is 11.3 Å². The van der Waals surface area contributed by atoms with Crippen LogP contribution >= 0.6 is 11.3 Å². The predicted octanol–water partition coefficient (Wildman–Crippen LogP) is 2.77. The normalized spacial score (nSPS) is 24.8. The molecule has 0 spiro atoms. The molecule has 4 rings (SSSR count). The lowest BCUT2D eigenvalue weighted by Crippen LogP contribution is -2.43. The van der Waals surface area contributed by atoms with Gasteiger partial charge in [-0.15, -0.1) is 11.3 Å². The van der Waals surface area contributed by atoms with E-state index in [2.05, 4.69) is 32.4 Å². The van der Waals surface area contributed by atoms with Crippen LogP contribution in [-0.2, 0) is 11.3 Å². The average molecular weight is 344 g/mol. The molecule has 0 unspecified atom stereocenters. The van der Waals surface area contributed by atoms with Crippen molar-refractivity contribution < 1.29 is 4.79 Å². The number of carbonyl (C=O) groups excluding carboxylic acids is 1. The Morgan fingerprint density at radius 2 is 2.17 bits per heavy atom. The molecular weight excluding hydrogens is 320 g/mol. The molecule has 0 N–H and O–H groups in total. The number of nitrogens with zero attached hydrogens (tertiary/aromatic N) is 4. The Hall–Kier alpha value is -1.66. The van der Waals surface area contributed by atoms with Gasteiger partial charge in [-0.2, -0.15) is 5.10 Å². The maximum absolute atomic E-state index is 12.9. The summed E-state index contributed by atoms with van der Waals surface area (Å²) < 4.78 is 1.98. The number of amides is 1. The number of hydrogen-bond donors (Lipinski definition) is 0. The summed E-state index contributed by atoms with van der Waals surface area (Å²) in [5, 5.41) is 6.42. The summed E-state index contributed by atoms with van der Waals surface area (Å²) in [5.74, 6) is 0.290. The summed E-state index contributed by atoms with van der Waals surface area (Å²) in [6, 6.07) is 6.93. The third-order valence-electron chi connectivity index (χ3n) is 5.24. The lowest BCUT2D eigenvalue weighted by atomic mass is 10.2. The lowest BCUT2D eigenvalue weighted by Gasteiger charge is -2.29. The van der Waals surface area contributed by atoms with Gasteiger partial charge < -0.3 is 4.90 Å². The van der Waals surface area contributed by atoms with Crippen LogP contribution in [0.1, 0.15) is 36.6 Å². The molecule has 2 aliphatic heterocycles. The maximum Gasteiger partial charge on any atom is 0.237 e. The summed E-state index contributed by atoms with van der Waals surface area (Å²) in [6.07, 6.45) is 8.37. The van der Waals surface area contributed by atoms with Gasteiger partial charge in [-0.1, -0.05) is 6.07 Å². The van der Waals surface area contributed by atoms with Crippen LogP contribution in [0, 0.1) is 0 Å². The average Bonchev–Trinajstić information content (AvgIpc) is 3.37. The van der Waals surface area contributed by atoms with Crippen LogP contribution < -0.4 is 0 Å². The van der Waals surface area contributed by atoms with E-state index in [0.717, 1.165) is 38.9 Å². The molecule has 2 aromatic rings. The first-order valence-electron chi connectivity index (χ1n) is 8.85. The number of aromatic nitrogens is 2. The Balaban J connectivity index is 1.39. The molecule has 6 heteroatoms. The molecule has 24 heavy (non-hydrogen) atoms. The van der Waals surface area contributed by atoms with E-state index in [1.807, 2.05) is 23.1 Å². The zero-order valence-corrected chi connectivity index (χ0v) is 14.7. The van der Waals surface area contributed by atoms with Gasteiger partial charge in [0.05, 0.1) is 19.1 Å². The second kappa shape index (κ2) is 7.07. The van der Waals surface area contributed by atoms with Gasteiger partial charge in [0, 0.05) is 29.9 Å². The summed E-state index contributed by atoms with van der Waals surface area (Å²) in [6.45, 7) is 3.36. The van der Waals surface area contributed by atoms with Gasteiger partial charge in [0.15, 0.2) is 0 Å². The van der Waals surface area contributed by atoms with Crippen LogP contribution in [0.2, 0.25) is 0 Å². The van der Waals surface area contributed by atoms with Crippen LogP contribution in [0.15, 0.2) is 36.0 Å². The third-order valence-corrected chi connectivity index (χ3v) is 6.21. The van der Waals surface area contributed by atoms with Crippen molar-refractivity contribution in [3.05, 3.63) is 40.8 Å². The van der Waals surface area contributed by atoms with Gasteiger partial charge in [-0.3, -0.25) is 14.4 Å². The minimum absolute atomic E-state index is 0.290. The zero-order valence-electron chi connectivity index (χ0n) is 13.9. The van der Waals surface area contributed by atoms with E-state index in [4.69, 9.17) is 0 Å². The van der Waals surface area contributed by atoms with Crippen molar-refractivity contribution >= 4 is 17.2 Å². The Labute approximate surface area is 146 Å². The predicted molar refractivity (Wildman–Crippen MR) is 94.8 cm³/mol. The molecule has 2 aromatic heterocycles. The second-order valence-corrected chi connectivity index (χ2v) is 7.73. The fraction of sp³-hybridized carbons (Fsp3) is 0.556. The van der Waals surface area contributed by atoms with E-state index in [-0.39, 0.29) is 0 Å². The van der Waals surface area contributed by atoms with Gasteiger partial charge in [-0.05, 0) is 49.7 Å². The minimum Gasteiger partial charge on any atom is -0.334 e. The summed E-state index contributed by atoms with van der Waals surface area (Å²) in [4.78, 5) is 18.7. The van der Waals surface area contributed by atoms with Crippen LogP contribution in [-0.4, -0.2) is 51.2 Å². The van der Waals surface area contributed by atoms with Crippen molar-refractivity contribution in [2.45, 2.75) is 44.3 Å². The molecule has 1 amide bonds. The van der Waals surface area contributed by atoms with Gasteiger partial charge in [0.25, 0.3) is 0 Å². The van der Waals surface area contributed by atoms with Crippen LogP contribution in [0.4, 0.5) is 0 Å². The van der Waals surface area contributed by atoms with E-state index in [0.29, 0.717) is 24.5 Å². The van der Waals surface area contributed by atoms with Crippen LogP contribution in [0.25, 0.3) is 0 Å². The number of rotatable bonds is 5. The molecule has 2 aliphatic rings. The van der Waals surface area contributed by atoms with Gasteiger partial charge in [0.1, 0.15) is 0 Å². The minimum atomic E-state index is 0.290. The van der Waals surface area contributed by atoms with E-state index >= 15 is 0 Å². The van der Waals surface area contributed by atoms with Crippen LogP contribution in [0.5, 0.6) is 0 Å². The third kappa shape index (κ3) is 3.26. The molecule has 5 nitrogen and oxygen atoms in total. The largest absolute Gasteiger partial charge is 0.334 e. The molecule has 0 aliphatic carbocycles. The molecule has 128 valence electrons. The first-order valence-corrected chi connectivity index (χ1v) is 9.73. The molecule has 0 aromatic carbocycles. The van der Waals surface area contributed by atoms with E-state index < -0.39 is 0 Å². The highest BCUT2D eigenvalue weighted by molar-refractivity contribution is 7.10. The molecule has 0 radical (unpaired) electrons. The molecule has 4 heterocycles. The fourth-order valence-corrected chi connectivity index (χ4v) is 4.91. The maximum atomic E-state index is 12.9. The lowest BCUT2D eigenvalue weighted by molar-refractivity contribution is -0.133. The topological polar surface area (TPSA) is 41.4 Å². The standard InChI is InChI=1S/C18H24N4OS/c23-18(22-11-2-6-16(22)17-7-3-12-24-17)14-20-9-1-5-15(20)13-21-10-4-8-19-21/h3-4,7-8,10,12,15-16H,1-2,5-6,9,11,13-14H2/t15-,16-/m1/s1. The molecule has 2 fully saturated rings. The first kappa shape index (κ1) is 15.8. The van der Waals surface area contributed by atoms with Crippen molar-refractivity contribution in [2.75, 3.05) is 19.6 Å². The molecule has 0 bridgehead atoms. The SMILES string of the molecule is O=C(CN1CCC[C@@H]1Cn1cccn1)N1CCC[C@@H]1c1cccs1. The molecular formula is C18H24N4OS. The van der Waals surface area contributed by atoms with Crippen molar-refractivity contribution in [3.63, 3.8) is 0 Å². The monoisotopic (exact) mass is 344 g/mol. The fourth-order valence-electron chi connectivity index (χ4n) is 4.04. The van der Waals surface area contributed by atoms with E-state index in [1.54, 1.807) is 11.3 Å². The highest BCUT2D eigenvalue weighted by atomic mass is 32.1. The summed E-state index contributed by atoms with van der Waals surface area (Å²) >= 11 is 1.77. The number of carbonyl (C=O) groups is 1. The smallest absolute Gasteiger partial charge is 0.237 e. The highest BCUT2D eigenvalue weighted by Crippen LogP contribution is 2.34. The summed E-state index contributed by atoms with van der Waals surface area (Å²) in [5.41, 5.74) is 0. The first-order chi connectivity index (χ1) is 11.8. The Morgan fingerprint density at radius 3 is 2.96 bits per heavy atom. The van der Waals surface area contributed by atoms with Gasteiger partial charge in [0.2, 0.25) is 5.91 Å². The Bertz CT molecular complexity index is 655. The summed E-state index contributed by atoms with van der Waals surface area (Å²) in [7, 11) is 0. The second-order valence-electron chi connectivity index (χ2n) is 6.76. The van der Waals surface area contributed by atoms with Crippen molar-refractivity contribution in [3.8, 4) is 0 Å². The van der Waals surface area contributed by atoms with Gasteiger partial charge in [-0.25, -0.2) is 0 Å². The quantitative estimate of drug-likeness (QED) is 0.837. The van der Waals surface area contributed by atoms with E-state index in [9.17, 15) is 4.79 Å². The zero-order chi connectivity index (χ0) is 16.4. The molecule has 2 saturated heterocycles. The Kier molecular flexibility index (Phi) is 4.67. The van der Waals surface area contributed by atoms with Crippen LogP contribution in [0.3, 0.4) is 0 Å². The molecule has 0 saturated carbocycles. The number of thiophene rings is 1. The molecule has 2 atom stereocenters. The Morgan fingerprint density at radius 1 is 1.25 bits per heavy atom. The van der Waals surface area contributed by atoms with Crippen molar-refractivity contribution in [1.29, 1.82) is 0 Å². The van der Waals surface area contributed by atoms with Crippen molar-refractivity contribution in [1.82, 2.24) is 19.6 Å². The highest BCUT2D eigenvalue weighted by Gasteiger charge is 2.33.